The minimum Gasteiger partial charge on any atom is -0.492 e. The van der Waals surface area contributed by atoms with Crippen LogP contribution in [-0.2, 0) is 19.7 Å². The lowest BCUT2D eigenvalue weighted by atomic mass is 9.74. The first-order chi connectivity index (χ1) is 18.1. The Bertz CT molecular complexity index is 1030. The van der Waals surface area contributed by atoms with Crippen LogP contribution in [0.1, 0.15) is 56.9 Å². The predicted octanol–water partition coefficient (Wildman–Crippen LogP) is 4.63. The van der Waals surface area contributed by atoms with Gasteiger partial charge in [-0.25, -0.2) is 0 Å². The fourth-order valence-electron chi connectivity index (χ4n) is 6.76. The summed E-state index contributed by atoms with van der Waals surface area (Å²) < 4.78 is 12.8. The van der Waals surface area contributed by atoms with Crippen LogP contribution in [0.2, 0.25) is 0 Å². The highest BCUT2D eigenvalue weighted by Crippen LogP contribution is 2.42. The molecule has 6 nitrogen and oxygen atoms in total. The van der Waals surface area contributed by atoms with Gasteiger partial charge in [-0.15, -0.1) is 0 Å². The third-order valence-corrected chi connectivity index (χ3v) is 8.89. The van der Waals surface area contributed by atoms with Gasteiger partial charge in [-0.3, -0.25) is 9.59 Å². The van der Waals surface area contributed by atoms with Gasteiger partial charge in [-0.2, -0.15) is 0 Å². The number of carbonyl (C=O) groups is 2. The van der Waals surface area contributed by atoms with Gasteiger partial charge in [0.2, 0.25) is 0 Å². The highest BCUT2D eigenvalue weighted by molar-refractivity contribution is 5.83. The molecule has 0 unspecified atom stereocenters. The van der Waals surface area contributed by atoms with Crippen LogP contribution in [-0.4, -0.2) is 61.8 Å². The van der Waals surface area contributed by atoms with E-state index in [-0.39, 0.29) is 18.0 Å². The van der Waals surface area contributed by atoms with Gasteiger partial charge in [0, 0.05) is 18.8 Å². The molecule has 1 atom stereocenters. The van der Waals surface area contributed by atoms with Gasteiger partial charge in [0.1, 0.15) is 18.9 Å². The fourth-order valence-corrected chi connectivity index (χ4v) is 6.76. The highest BCUT2D eigenvalue weighted by atomic mass is 16.5. The third kappa shape index (κ3) is 6.01. The van der Waals surface area contributed by atoms with Crippen LogP contribution in [0.5, 0.6) is 5.75 Å². The lowest BCUT2D eigenvalue weighted by Gasteiger charge is -2.52. The SMILES string of the molecule is O=C(C[N+]12CCC(CC1)[C@@H](OC(=O)C1(c3ccccc3)CCCCCC1)C2)NCCOc1ccccc1. The van der Waals surface area contributed by atoms with E-state index < -0.39 is 5.41 Å². The lowest BCUT2D eigenvalue weighted by Crippen LogP contribution is -2.67. The van der Waals surface area contributed by atoms with E-state index in [1.165, 1.54) is 12.8 Å². The van der Waals surface area contributed by atoms with Gasteiger partial charge in [0.05, 0.1) is 25.0 Å². The van der Waals surface area contributed by atoms with Crippen molar-refractivity contribution in [3.05, 3.63) is 66.2 Å². The maximum absolute atomic E-state index is 13.9. The van der Waals surface area contributed by atoms with E-state index in [1.807, 2.05) is 48.5 Å². The van der Waals surface area contributed by atoms with E-state index in [0.29, 0.717) is 25.6 Å². The molecule has 2 aromatic rings. The van der Waals surface area contributed by atoms with E-state index >= 15 is 0 Å². The molecule has 2 aromatic carbocycles. The number of amides is 1. The van der Waals surface area contributed by atoms with Crippen molar-refractivity contribution in [2.24, 2.45) is 5.92 Å². The molecule has 0 aromatic heterocycles. The summed E-state index contributed by atoms with van der Waals surface area (Å²) in [4.78, 5) is 26.8. The lowest BCUT2D eigenvalue weighted by molar-refractivity contribution is -0.939. The number of nitrogens with zero attached hydrogens (tertiary/aromatic N) is 1. The van der Waals surface area contributed by atoms with Crippen molar-refractivity contribution >= 4 is 11.9 Å². The topological polar surface area (TPSA) is 64.6 Å². The number of para-hydroxylation sites is 1. The molecule has 1 aliphatic carbocycles. The van der Waals surface area contributed by atoms with E-state index in [4.69, 9.17) is 9.47 Å². The molecule has 1 saturated carbocycles. The zero-order chi connectivity index (χ0) is 25.6. The number of fused-ring (bicyclic) bond motifs is 3. The molecule has 0 radical (unpaired) electrons. The Hall–Kier alpha value is -2.86. The Balaban J connectivity index is 1.19. The van der Waals surface area contributed by atoms with Crippen molar-refractivity contribution in [3.8, 4) is 5.75 Å². The highest BCUT2D eigenvalue weighted by Gasteiger charge is 2.51. The molecule has 2 bridgehead atoms. The summed E-state index contributed by atoms with van der Waals surface area (Å²) in [6.45, 7) is 4.08. The monoisotopic (exact) mass is 505 g/mol. The average molecular weight is 506 g/mol. The van der Waals surface area contributed by atoms with E-state index in [1.54, 1.807) is 0 Å². The van der Waals surface area contributed by atoms with Crippen LogP contribution in [0.25, 0.3) is 0 Å². The van der Waals surface area contributed by atoms with E-state index in [9.17, 15) is 9.59 Å². The Labute approximate surface area is 220 Å². The maximum atomic E-state index is 13.9. The number of nitrogens with one attached hydrogen (secondary N) is 1. The zero-order valence-electron chi connectivity index (χ0n) is 21.9. The standard InChI is InChI=1S/C31H40N2O4/c34-29(32-19-22-36-27-13-7-4-8-14-27)24-33-20-15-25(16-21-33)28(23-33)37-30(35)31(17-9-1-2-10-18-31)26-11-5-3-6-12-26/h3-8,11-14,25,28H,1-2,9-10,15-24H2/p+1/t25?,28-,33?/m0/s1. The van der Waals surface area contributed by atoms with Gasteiger partial charge in [0.25, 0.3) is 5.91 Å². The van der Waals surface area contributed by atoms with Crippen molar-refractivity contribution in [1.29, 1.82) is 0 Å². The maximum Gasteiger partial charge on any atom is 0.317 e. The quantitative estimate of drug-likeness (QED) is 0.234. The summed E-state index contributed by atoms with van der Waals surface area (Å²) in [7, 11) is 0. The van der Waals surface area contributed by atoms with Crippen LogP contribution in [0.4, 0.5) is 0 Å². The van der Waals surface area contributed by atoms with Crippen LogP contribution < -0.4 is 10.1 Å². The van der Waals surface area contributed by atoms with Gasteiger partial charge >= 0.3 is 5.97 Å². The number of hydrogen-bond donors (Lipinski definition) is 1. The summed E-state index contributed by atoms with van der Waals surface area (Å²) in [5, 5.41) is 3.03. The molecule has 1 N–H and O–H groups in total. The molecule has 6 heteroatoms. The second-order valence-electron chi connectivity index (χ2n) is 11.3. The second kappa shape index (κ2) is 11.7. The molecule has 3 heterocycles. The molecule has 4 fully saturated rings. The minimum absolute atomic E-state index is 0.0417. The van der Waals surface area contributed by atoms with Crippen LogP contribution in [0.3, 0.4) is 0 Å². The number of hydrogen-bond acceptors (Lipinski definition) is 4. The molecule has 3 aliphatic heterocycles. The van der Waals surface area contributed by atoms with Crippen LogP contribution in [0.15, 0.2) is 60.7 Å². The minimum atomic E-state index is -0.537. The normalized spacial score (nSPS) is 26.6. The first-order valence-electron chi connectivity index (χ1n) is 14.1. The first-order valence-corrected chi connectivity index (χ1v) is 14.1. The summed E-state index contributed by atoms with van der Waals surface area (Å²) in [5.74, 6) is 1.22. The molecular weight excluding hydrogens is 464 g/mol. The molecule has 3 saturated heterocycles. The molecular formula is C31H41N2O4+. The number of benzene rings is 2. The van der Waals surface area contributed by atoms with Crippen LogP contribution in [0, 0.1) is 5.92 Å². The average Bonchev–Trinajstić information content (AvgIpc) is 3.20. The van der Waals surface area contributed by atoms with Crippen LogP contribution >= 0.6 is 0 Å². The number of ether oxygens (including phenoxy) is 2. The Kier molecular flexibility index (Phi) is 8.14. The second-order valence-corrected chi connectivity index (χ2v) is 11.3. The number of quaternary nitrogens is 1. The summed E-state index contributed by atoms with van der Waals surface area (Å²) in [5.41, 5.74) is 0.564. The molecule has 4 aliphatic rings. The van der Waals surface area contributed by atoms with Gasteiger partial charge < -0.3 is 19.3 Å². The van der Waals surface area contributed by atoms with Gasteiger partial charge in [-0.1, -0.05) is 74.2 Å². The number of carbonyl (C=O) groups excluding carboxylic acids is 2. The smallest absolute Gasteiger partial charge is 0.317 e. The van der Waals surface area contributed by atoms with Gasteiger partial charge in [0.15, 0.2) is 12.6 Å². The van der Waals surface area contributed by atoms with E-state index in [0.717, 1.165) is 74.0 Å². The van der Waals surface area contributed by atoms with Crippen molar-refractivity contribution in [1.82, 2.24) is 5.32 Å². The van der Waals surface area contributed by atoms with Crippen molar-refractivity contribution in [3.63, 3.8) is 0 Å². The molecule has 1 amide bonds. The third-order valence-electron chi connectivity index (χ3n) is 8.89. The predicted molar refractivity (Wildman–Crippen MR) is 143 cm³/mol. The Morgan fingerprint density at radius 1 is 0.892 bits per heavy atom. The fraction of sp³-hybridized carbons (Fsp3) is 0.548. The van der Waals surface area contributed by atoms with Crippen molar-refractivity contribution in [2.75, 3.05) is 39.3 Å². The van der Waals surface area contributed by atoms with Crippen molar-refractivity contribution in [2.45, 2.75) is 62.9 Å². The Morgan fingerprint density at radius 3 is 2.22 bits per heavy atom. The van der Waals surface area contributed by atoms with Gasteiger partial charge in [-0.05, 0) is 30.5 Å². The van der Waals surface area contributed by atoms with Crippen molar-refractivity contribution < 1.29 is 23.5 Å². The molecule has 37 heavy (non-hydrogen) atoms. The summed E-state index contributed by atoms with van der Waals surface area (Å²) in [6, 6.07) is 19.9. The zero-order valence-corrected chi connectivity index (χ0v) is 21.9. The van der Waals surface area contributed by atoms with E-state index in [2.05, 4.69) is 17.4 Å². The molecule has 0 spiro atoms. The summed E-state index contributed by atoms with van der Waals surface area (Å²) in [6.07, 6.45) is 8.13. The number of piperidine rings is 3. The first kappa shape index (κ1) is 25.8. The largest absolute Gasteiger partial charge is 0.492 e. The Morgan fingerprint density at radius 2 is 1.54 bits per heavy atom. The molecule has 6 rings (SSSR count). The molecule has 198 valence electrons. The number of esters is 1. The summed E-state index contributed by atoms with van der Waals surface area (Å²) >= 11 is 0. The number of rotatable bonds is 9.